The summed E-state index contributed by atoms with van der Waals surface area (Å²) < 4.78 is 0.808. The molecule has 0 saturated heterocycles. The van der Waals surface area contributed by atoms with Crippen LogP contribution < -0.4 is 4.73 Å². The summed E-state index contributed by atoms with van der Waals surface area (Å²) in [5, 5.41) is 16.0. The van der Waals surface area contributed by atoms with E-state index in [0.717, 1.165) is 26.3 Å². The number of fused-ring (bicyclic) bond motifs is 3. The average molecular weight is 230 g/mol. The summed E-state index contributed by atoms with van der Waals surface area (Å²) in [5.41, 5.74) is 0. The highest BCUT2D eigenvalue weighted by molar-refractivity contribution is 6.31. The van der Waals surface area contributed by atoms with Gasteiger partial charge in [-0.05, 0) is 28.3 Å². The van der Waals surface area contributed by atoms with E-state index in [9.17, 15) is 5.21 Å². The van der Waals surface area contributed by atoms with Crippen LogP contribution >= 0.6 is 11.6 Å². The Labute approximate surface area is 97.3 Å². The van der Waals surface area contributed by atoms with Crippen LogP contribution in [0, 0.1) is 5.21 Å². The number of halogens is 1. The number of aromatic nitrogens is 1. The minimum absolute atomic E-state index is 0.682. The van der Waals surface area contributed by atoms with E-state index in [4.69, 9.17) is 11.6 Å². The van der Waals surface area contributed by atoms with Crippen molar-refractivity contribution in [2.24, 2.45) is 0 Å². The van der Waals surface area contributed by atoms with E-state index >= 15 is 0 Å². The maximum atomic E-state index is 11.3. The molecular formula is C13H8ClNO. The highest BCUT2D eigenvalue weighted by Crippen LogP contribution is 2.26. The number of nitrogens with zero attached hydrogens (tertiary/aromatic N) is 1. The van der Waals surface area contributed by atoms with Crippen LogP contribution in [0.5, 0.6) is 0 Å². The summed E-state index contributed by atoms with van der Waals surface area (Å²) in [7, 11) is 0. The van der Waals surface area contributed by atoms with Gasteiger partial charge in [0.05, 0.1) is 5.39 Å². The molecule has 3 aromatic rings. The third kappa shape index (κ3) is 1.39. The maximum absolute atomic E-state index is 11.3. The van der Waals surface area contributed by atoms with E-state index in [-0.39, 0.29) is 0 Å². The Kier molecular flexibility index (Phi) is 1.98. The summed E-state index contributed by atoms with van der Waals surface area (Å²) in [4.78, 5) is 0. The lowest BCUT2D eigenvalue weighted by Crippen LogP contribution is -2.23. The molecule has 0 atom stereocenters. The zero-order chi connectivity index (χ0) is 11.1. The molecule has 0 amide bonds. The number of rotatable bonds is 0. The van der Waals surface area contributed by atoms with Gasteiger partial charge in [0.1, 0.15) is 0 Å². The number of hydrogen-bond acceptors (Lipinski definition) is 1. The minimum Gasteiger partial charge on any atom is -0.619 e. The molecular weight excluding hydrogens is 222 g/mol. The van der Waals surface area contributed by atoms with E-state index in [0.29, 0.717) is 5.02 Å². The molecule has 2 nitrogen and oxygen atoms in total. The van der Waals surface area contributed by atoms with Crippen LogP contribution in [-0.4, -0.2) is 0 Å². The number of pyridine rings is 1. The van der Waals surface area contributed by atoms with E-state index in [1.807, 2.05) is 36.4 Å². The average Bonchev–Trinajstić information content (AvgIpc) is 2.29. The standard InChI is InChI=1S/C13H8ClNO/c14-11-4-3-9-1-2-10-5-6-15(16)8-13(10)12(9)7-11/h1-8H. The molecule has 3 rings (SSSR count). The zero-order valence-electron chi connectivity index (χ0n) is 8.35. The Morgan fingerprint density at radius 3 is 2.44 bits per heavy atom. The number of benzene rings is 2. The molecule has 0 N–H and O–H groups in total. The first kappa shape index (κ1) is 9.43. The van der Waals surface area contributed by atoms with Crippen LogP contribution in [0.2, 0.25) is 5.02 Å². The number of hydrogen-bond donors (Lipinski definition) is 0. The molecule has 16 heavy (non-hydrogen) atoms. The van der Waals surface area contributed by atoms with Crippen molar-refractivity contribution in [1.82, 2.24) is 0 Å². The molecule has 3 heteroatoms. The second-order valence-corrected chi connectivity index (χ2v) is 4.18. The summed E-state index contributed by atoms with van der Waals surface area (Å²) in [6, 6.07) is 11.5. The highest BCUT2D eigenvalue weighted by atomic mass is 35.5. The van der Waals surface area contributed by atoms with Gasteiger partial charge in [0.2, 0.25) is 0 Å². The van der Waals surface area contributed by atoms with Crippen molar-refractivity contribution in [1.29, 1.82) is 0 Å². The topological polar surface area (TPSA) is 26.9 Å². The zero-order valence-corrected chi connectivity index (χ0v) is 9.11. The van der Waals surface area contributed by atoms with Crippen LogP contribution in [0.25, 0.3) is 21.5 Å². The molecule has 0 spiro atoms. The molecule has 1 heterocycles. The third-order valence-electron chi connectivity index (χ3n) is 2.72. The molecule has 0 aliphatic carbocycles. The molecule has 0 aliphatic heterocycles. The fraction of sp³-hybridized carbons (Fsp3) is 0. The van der Waals surface area contributed by atoms with Gasteiger partial charge in [-0.2, -0.15) is 4.73 Å². The monoisotopic (exact) mass is 229 g/mol. The van der Waals surface area contributed by atoms with Crippen molar-refractivity contribution >= 4 is 33.1 Å². The summed E-state index contributed by atoms with van der Waals surface area (Å²) in [6.45, 7) is 0. The van der Waals surface area contributed by atoms with Gasteiger partial charge < -0.3 is 5.21 Å². The first-order valence-corrected chi connectivity index (χ1v) is 5.33. The van der Waals surface area contributed by atoms with E-state index in [1.54, 1.807) is 6.20 Å². The predicted octanol–water partition coefficient (Wildman–Crippen LogP) is 3.28. The fourth-order valence-electron chi connectivity index (χ4n) is 1.95. The van der Waals surface area contributed by atoms with Crippen LogP contribution in [0.1, 0.15) is 0 Å². The van der Waals surface area contributed by atoms with Crippen molar-refractivity contribution in [3.05, 3.63) is 59.0 Å². The second-order valence-electron chi connectivity index (χ2n) is 3.74. The van der Waals surface area contributed by atoms with Gasteiger partial charge in [-0.25, -0.2) is 0 Å². The molecule has 78 valence electrons. The fourth-order valence-corrected chi connectivity index (χ4v) is 2.12. The van der Waals surface area contributed by atoms with Gasteiger partial charge in [0.25, 0.3) is 0 Å². The molecule has 0 aliphatic rings. The molecule has 0 radical (unpaired) electrons. The normalized spacial score (nSPS) is 11.1. The Morgan fingerprint density at radius 2 is 1.62 bits per heavy atom. The lowest BCUT2D eigenvalue weighted by Gasteiger charge is -2.04. The van der Waals surface area contributed by atoms with Crippen LogP contribution in [0.3, 0.4) is 0 Å². The van der Waals surface area contributed by atoms with E-state index in [1.165, 1.54) is 6.20 Å². The molecule has 2 aromatic carbocycles. The Bertz CT molecular complexity index is 633. The SMILES string of the molecule is [O-][n+]1ccc2ccc3ccc(Cl)cc3c2c1. The first-order valence-electron chi connectivity index (χ1n) is 4.95. The molecule has 1 aromatic heterocycles. The highest BCUT2D eigenvalue weighted by Gasteiger charge is 2.04. The predicted molar refractivity (Wildman–Crippen MR) is 65.4 cm³/mol. The summed E-state index contributed by atoms with van der Waals surface area (Å²) in [5.74, 6) is 0. The molecule has 0 unspecified atom stereocenters. The summed E-state index contributed by atoms with van der Waals surface area (Å²) in [6.07, 6.45) is 3.08. The Hall–Kier alpha value is -1.80. The maximum Gasteiger partial charge on any atom is 0.188 e. The Morgan fingerprint density at radius 1 is 0.938 bits per heavy atom. The summed E-state index contributed by atoms with van der Waals surface area (Å²) >= 11 is 5.97. The van der Waals surface area contributed by atoms with E-state index in [2.05, 4.69) is 0 Å². The van der Waals surface area contributed by atoms with Crippen LogP contribution in [0.4, 0.5) is 0 Å². The molecule has 0 bridgehead atoms. The van der Waals surface area contributed by atoms with Crippen molar-refractivity contribution in [2.75, 3.05) is 0 Å². The third-order valence-corrected chi connectivity index (χ3v) is 2.95. The smallest absolute Gasteiger partial charge is 0.188 e. The van der Waals surface area contributed by atoms with Crippen molar-refractivity contribution < 1.29 is 4.73 Å². The van der Waals surface area contributed by atoms with E-state index < -0.39 is 0 Å². The van der Waals surface area contributed by atoms with Crippen molar-refractivity contribution in [3.8, 4) is 0 Å². The Balaban J connectivity index is 2.55. The van der Waals surface area contributed by atoms with Gasteiger partial charge in [-0.15, -0.1) is 0 Å². The van der Waals surface area contributed by atoms with Gasteiger partial charge in [0, 0.05) is 11.1 Å². The van der Waals surface area contributed by atoms with Crippen molar-refractivity contribution in [3.63, 3.8) is 0 Å². The van der Waals surface area contributed by atoms with Gasteiger partial charge >= 0.3 is 0 Å². The second kappa shape index (κ2) is 3.35. The van der Waals surface area contributed by atoms with Gasteiger partial charge in [-0.1, -0.05) is 29.8 Å². The lowest BCUT2D eigenvalue weighted by atomic mass is 10.0. The minimum atomic E-state index is 0.682. The van der Waals surface area contributed by atoms with Crippen molar-refractivity contribution in [2.45, 2.75) is 0 Å². The van der Waals surface area contributed by atoms with Gasteiger partial charge in [-0.3, -0.25) is 0 Å². The van der Waals surface area contributed by atoms with Gasteiger partial charge in [0.15, 0.2) is 12.4 Å². The molecule has 0 fully saturated rings. The van der Waals surface area contributed by atoms with Crippen LogP contribution in [0.15, 0.2) is 48.8 Å². The largest absolute Gasteiger partial charge is 0.619 e. The van der Waals surface area contributed by atoms with Crippen LogP contribution in [-0.2, 0) is 0 Å². The lowest BCUT2D eigenvalue weighted by molar-refractivity contribution is -0.603. The molecule has 0 saturated carbocycles. The quantitative estimate of drug-likeness (QED) is 0.330. The first-order chi connectivity index (χ1) is 7.74.